The van der Waals surface area contributed by atoms with Crippen LogP contribution in [-0.2, 0) is 22.6 Å². The van der Waals surface area contributed by atoms with Gasteiger partial charge in [-0.05, 0) is 74.5 Å². The molecule has 1 unspecified atom stereocenters. The maximum Gasteiger partial charge on any atom is 0.232 e. The third-order valence-electron chi connectivity index (χ3n) is 8.26. The van der Waals surface area contributed by atoms with E-state index in [9.17, 15) is 9.59 Å². The number of hydrogen-bond acceptors (Lipinski definition) is 4. The van der Waals surface area contributed by atoms with Crippen LogP contribution in [0, 0.1) is 11.8 Å². The molecule has 2 heterocycles. The van der Waals surface area contributed by atoms with E-state index in [0.717, 1.165) is 55.4 Å². The number of anilines is 1. The standard InChI is InChI=1S/C34H41N3O3/c1-35-25-30(23-33(35)38)34(39)37(31-14-8-15-32(24-31)40-26-29-12-6-3-7-13-29)19-9-18-36-20-16-28(17-21-36)22-27-10-4-2-5-11-27/h2-8,10-15,24,28,30H,9,16-23,25-26H2,1H3. The molecule has 2 fully saturated rings. The second-order valence-electron chi connectivity index (χ2n) is 11.3. The number of likely N-dealkylation sites (tertiary alicyclic amines) is 2. The first-order valence-electron chi connectivity index (χ1n) is 14.6. The van der Waals surface area contributed by atoms with Crippen LogP contribution in [0.3, 0.4) is 0 Å². The van der Waals surface area contributed by atoms with Gasteiger partial charge in [-0.3, -0.25) is 9.59 Å². The number of ether oxygens (including phenoxy) is 1. The molecular formula is C34H41N3O3. The molecule has 0 saturated carbocycles. The normalized spacial score (nSPS) is 18.2. The van der Waals surface area contributed by atoms with Crippen LogP contribution in [0.2, 0.25) is 0 Å². The molecular weight excluding hydrogens is 498 g/mol. The zero-order valence-electron chi connectivity index (χ0n) is 23.6. The minimum Gasteiger partial charge on any atom is -0.489 e. The summed E-state index contributed by atoms with van der Waals surface area (Å²) >= 11 is 0. The lowest BCUT2D eigenvalue weighted by atomic mass is 9.90. The second-order valence-corrected chi connectivity index (χ2v) is 11.3. The first kappa shape index (κ1) is 27.9. The minimum absolute atomic E-state index is 0.0273. The van der Waals surface area contributed by atoms with Gasteiger partial charge >= 0.3 is 0 Å². The van der Waals surface area contributed by atoms with Crippen LogP contribution in [0.15, 0.2) is 84.9 Å². The number of amides is 2. The molecule has 0 N–H and O–H groups in total. The van der Waals surface area contributed by atoms with Crippen molar-refractivity contribution in [2.75, 3.05) is 44.7 Å². The van der Waals surface area contributed by atoms with Gasteiger partial charge in [0.05, 0.1) is 5.92 Å². The van der Waals surface area contributed by atoms with Crippen molar-refractivity contribution in [3.63, 3.8) is 0 Å². The fourth-order valence-electron chi connectivity index (χ4n) is 5.91. The van der Waals surface area contributed by atoms with E-state index < -0.39 is 0 Å². The van der Waals surface area contributed by atoms with Crippen molar-refractivity contribution in [1.82, 2.24) is 9.80 Å². The fraction of sp³-hybridized carbons (Fsp3) is 0.412. The van der Waals surface area contributed by atoms with E-state index >= 15 is 0 Å². The molecule has 3 aromatic carbocycles. The molecule has 2 saturated heterocycles. The number of rotatable bonds is 11. The Morgan fingerprint density at radius 2 is 1.62 bits per heavy atom. The van der Waals surface area contributed by atoms with E-state index in [1.165, 1.54) is 18.4 Å². The number of hydrogen-bond donors (Lipinski definition) is 0. The Morgan fingerprint density at radius 3 is 2.30 bits per heavy atom. The van der Waals surface area contributed by atoms with Crippen molar-refractivity contribution in [3.8, 4) is 5.75 Å². The maximum absolute atomic E-state index is 13.7. The number of piperidine rings is 1. The minimum atomic E-state index is -0.305. The van der Waals surface area contributed by atoms with Gasteiger partial charge in [0.2, 0.25) is 11.8 Å². The van der Waals surface area contributed by atoms with E-state index in [4.69, 9.17) is 4.74 Å². The molecule has 6 nitrogen and oxygen atoms in total. The van der Waals surface area contributed by atoms with Gasteiger partial charge in [0, 0.05) is 38.3 Å². The van der Waals surface area contributed by atoms with Crippen molar-refractivity contribution in [3.05, 3.63) is 96.1 Å². The molecule has 5 rings (SSSR count). The van der Waals surface area contributed by atoms with E-state index in [2.05, 4.69) is 35.2 Å². The van der Waals surface area contributed by atoms with E-state index in [1.54, 1.807) is 11.9 Å². The molecule has 40 heavy (non-hydrogen) atoms. The van der Waals surface area contributed by atoms with Crippen LogP contribution in [0.4, 0.5) is 5.69 Å². The topological polar surface area (TPSA) is 53.1 Å². The van der Waals surface area contributed by atoms with Crippen molar-refractivity contribution in [1.29, 1.82) is 0 Å². The Kier molecular flexibility index (Phi) is 9.50. The Morgan fingerprint density at radius 1 is 0.925 bits per heavy atom. The van der Waals surface area contributed by atoms with E-state index in [-0.39, 0.29) is 24.2 Å². The molecule has 0 spiro atoms. The average Bonchev–Trinajstić information content (AvgIpc) is 3.33. The molecule has 0 aliphatic carbocycles. The molecule has 0 radical (unpaired) electrons. The zero-order chi connectivity index (χ0) is 27.7. The van der Waals surface area contributed by atoms with Crippen LogP contribution in [0.5, 0.6) is 5.75 Å². The summed E-state index contributed by atoms with van der Waals surface area (Å²) in [5.41, 5.74) is 3.36. The molecule has 0 aromatic heterocycles. The maximum atomic E-state index is 13.7. The molecule has 2 aliphatic rings. The van der Waals surface area contributed by atoms with Crippen LogP contribution < -0.4 is 9.64 Å². The monoisotopic (exact) mass is 539 g/mol. The Hall–Kier alpha value is -3.64. The van der Waals surface area contributed by atoms with Gasteiger partial charge in [-0.1, -0.05) is 66.7 Å². The molecule has 1 atom stereocenters. The summed E-state index contributed by atoms with van der Waals surface area (Å²) in [4.78, 5) is 32.0. The van der Waals surface area contributed by atoms with Crippen molar-refractivity contribution in [2.24, 2.45) is 11.8 Å². The van der Waals surface area contributed by atoms with Gasteiger partial charge < -0.3 is 19.4 Å². The van der Waals surface area contributed by atoms with Crippen LogP contribution in [0.1, 0.15) is 36.8 Å². The van der Waals surface area contributed by atoms with Crippen molar-refractivity contribution < 1.29 is 14.3 Å². The van der Waals surface area contributed by atoms with Crippen LogP contribution >= 0.6 is 0 Å². The van der Waals surface area contributed by atoms with Crippen LogP contribution in [0.25, 0.3) is 0 Å². The lowest BCUT2D eigenvalue weighted by molar-refractivity contribution is -0.127. The Balaban J connectivity index is 1.19. The summed E-state index contributed by atoms with van der Waals surface area (Å²) in [7, 11) is 1.78. The summed E-state index contributed by atoms with van der Waals surface area (Å²) in [6.07, 6.45) is 4.77. The first-order chi connectivity index (χ1) is 19.5. The quantitative estimate of drug-likeness (QED) is 0.327. The highest BCUT2D eigenvalue weighted by atomic mass is 16.5. The number of nitrogens with zero attached hydrogens (tertiary/aromatic N) is 3. The van der Waals surface area contributed by atoms with Gasteiger partial charge in [-0.15, -0.1) is 0 Å². The third kappa shape index (κ3) is 7.51. The average molecular weight is 540 g/mol. The predicted molar refractivity (Wildman–Crippen MR) is 159 cm³/mol. The summed E-state index contributed by atoms with van der Waals surface area (Å²) in [5.74, 6) is 1.24. The highest BCUT2D eigenvalue weighted by Gasteiger charge is 2.35. The Bertz CT molecular complexity index is 1240. The van der Waals surface area contributed by atoms with Crippen molar-refractivity contribution in [2.45, 2.75) is 38.7 Å². The predicted octanol–water partition coefficient (Wildman–Crippen LogP) is 5.42. The largest absolute Gasteiger partial charge is 0.489 e. The van der Waals surface area contributed by atoms with Crippen LogP contribution in [-0.4, -0.2) is 61.4 Å². The molecule has 6 heteroatoms. The summed E-state index contributed by atoms with van der Waals surface area (Å²) in [5, 5.41) is 0. The van der Waals surface area contributed by atoms with Gasteiger partial charge in [-0.2, -0.15) is 0 Å². The summed E-state index contributed by atoms with van der Waals surface area (Å²) in [6.45, 7) is 4.76. The number of carbonyl (C=O) groups is 2. The number of carbonyl (C=O) groups excluding carboxylic acids is 2. The van der Waals surface area contributed by atoms with Crippen molar-refractivity contribution >= 4 is 17.5 Å². The van der Waals surface area contributed by atoms with Gasteiger partial charge in [-0.25, -0.2) is 0 Å². The highest BCUT2D eigenvalue weighted by molar-refractivity contribution is 5.99. The highest BCUT2D eigenvalue weighted by Crippen LogP contribution is 2.27. The molecule has 2 amide bonds. The third-order valence-corrected chi connectivity index (χ3v) is 8.26. The van der Waals surface area contributed by atoms with Gasteiger partial charge in [0.1, 0.15) is 12.4 Å². The van der Waals surface area contributed by atoms with Gasteiger partial charge in [0.25, 0.3) is 0 Å². The van der Waals surface area contributed by atoms with E-state index in [0.29, 0.717) is 19.7 Å². The SMILES string of the molecule is CN1CC(C(=O)N(CCCN2CCC(Cc3ccccc3)CC2)c2cccc(OCc3ccccc3)c2)CC1=O. The molecule has 210 valence electrons. The zero-order valence-corrected chi connectivity index (χ0v) is 23.6. The summed E-state index contributed by atoms with van der Waals surface area (Å²) < 4.78 is 6.07. The second kappa shape index (κ2) is 13.6. The van der Waals surface area contributed by atoms with E-state index in [1.807, 2.05) is 59.5 Å². The smallest absolute Gasteiger partial charge is 0.232 e. The molecule has 2 aliphatic heterocycles. The molecule has 0 bridgehead atoms. The number of benzene rings is 3. The first-order valence-corrected chi connectivity index (χ1v) is 14.6. The lowest BCUT2D eigenvalue weighted by Crippen LogP contribution is -2.40. The van der Waals surface area contributed by atoms with Gasteiger partial charge in [0.15, 0.2) is 0 Å². The fourth-order valence-corrected chi connectivity index (χ4v) is 5.91. The summed E-state index contributed by atoms with van der Waals surface area (Å²) in [6, 6.07) is 28.7. The molecule has 3 aromatic rings. The Labute approximate surface area is 238 Å². The lowest BCUT2D eigenvalue weighted by Gasteiger charge is -2.33.